The first-order valence-corrected chi connectivity index (χ1v) is 8.21. The van der Waals surface area contributed by atoms with Crippen LogP contribution in [0.15, 0.2) is 65.0 Å². The Kier molecular flexibility index (Phi) is 4.83. The molecular weight excluding hydrogens is 326 g/mol. The number of hydrogen-bond donors (Lipinski definition) is 1. The van der Waals surface area contributed by atoms with Crippen molar-refractivity contribution in [2.45, 2.75) is 6.54 Å². The predicted octanol–water partition coefficient (Wildman–Crippen LogP) is 3.35. The van der Waals surface area contributed by atoms with E-state index in [9.17, 15) is 15.2 Å². The largest absolute Gasteiger partial charge is 0.395 e. The van der Waals surface area contributed by atoms with Crippen LogP contribution in [0.5, 0.6) is 0 Å². The smallest absolute Gasteiger partial charge is 0.269 e. The lowest BCUT2D eigenvalue weighted by Crippen LogP contribution is -2.17. The number of hydrogen-bond acceptors (Lipinski definition) is 5. The minimum absolute atomic E-state index is 0.0152. The van der Waals surface area contributed by atoms with Gasteiger partial charge in [-0.25, -0.2) is 4.99 Å². The summed E-state index contributed by atoms with van der Waals surface area (Å²) >= 11 is 1.47. The number of nitrogens with zero attached hydrogens (tertiary/aromatic N) is 3. The van der Waals surface area contributed by atoms with Crippen LogP contribution in [0.1, 0.15) is 0 Å². The number of nitro benzene ring substituents is 1. The Labute approximate surface area is 142 Å². The fraction of sp³-hybridized carbons (Fsp3) is 0.118. The molecule has 2 aromatic carbocycles. The van der Waals surface area contributed by atoms with Crippen molar-refractivity contribution in [3.05, 3.63) is 74.9 Å². The highest BCUT2D eigenvalue weighted by Crippen LogP contribution is 2.23. The number of rotatable bonds is 5. The third-order valence-electron chi connectivity index (χ3n) is 3.48. The molecule has 0 atom stereocenters. The SMILES string of the molecule is O=[N+]([O-])c1ccc(-c2csc(=Nc3ccccc3)n2CCO)cc1. The first-order chi connectivity index (χ1) is 11.7. The maximum absolute atomic E-state index is 10.8. The van der Waals surface area contributed by atoms with Crippen LogP contribution in [0.25, 0.3) is 11.3 Å². The molecule has 1 N–H and O–H groups in total. The second-order valence-electron chi connectivity index (χ2n) is 5.03. The first kappa shape index (κ1) is 16.1. The monoisotopic (exact) mass is 341 g/mol. The van der Waals surface area contributed by atoms with Crippen LogP contribution in [0.2, 0.25) is 0 Å². The van der Waals surface area contributed by atoms with Crippen LogP contribution in [0.4, 0.5) is 11.4 Å². The van der Waals surface area contributed by atoms with Crippen molar-refractivity contribution in [1.29, 1.82) is 0 Å². The van der Waals surface area contributed by atoms with E-state index in [4.69, 9.17) is 0 Å². The molecule has 3 rings (SSSR count). The van der Waals surface area contributed by atoms with Crippen molar-refractivity contribution in [2.75, 3.05) is 6.61 Å². The second kappa shape index (κ2) is 7.20. The lowest BCUT2D eigenvalue weighted by molar-refractivity contribution is -0.384. The Morgan fingerprint density at radius 3 is 2.46 bits per heavy atom. The summed E-state index contributed by atoms with van der Waals surface area (Å²) in [5.41, 5.74) is 2.61. The Bertz CT molecular complexity index is 899. The van der Waals surface area contributed by atoms with E-state index in [1.165, 1.54) is 23.5 Å². The topological polar surface area (TPSA) is 80.7 Å². The summed E-state index contributed by atoms with van der Waals surface area (Å²) in [5.74, 6) is 0. The van der Waals surface area contributed by atoms with Crippen LogP contribution < -0.4 is 4.80 Å². The quantitative estimate of drug-likeness (QED) is 0.571. The minimum atomic E-state index is -0.421. The number of thiazole rings is 1. The number of aliphatic hydroxyl groups excluding tert-OH is 1. The zero-order chi connectivity index (χ0) is 16.9. The molecule has 24 heavy (non-hydrogen) atoms. The van der Waals surface area contributed by atoms with Crippen molar-refractivity contribution in [3.8, 4) is 11.3 Å². The average Bonchev–Trinajstić information content (AvgIpc) is 2.99. The number of benzene rings is 2. The number of aliphatic hydroxyl groups is 1. The fourth-order valence-corrected chi connectivity index (χ4v) is 3.29. The molecule has 7 heteroatoms. The van der Waals surface area contributed by atoms with Gasteiger partial charge >= 0.3 is 0 Å². The molecule has 3 aromatic rings. The fourth-order valence-electron chi connectivity index (χ4n) is 2.33. The van der Waals surface area contributed by atoms with E-state index in [1.54, 1.807) is 12.1 Å². The van der Waals surface area contributed by atoms with E-state index < -0.39 is 4.92 Å². The van der Waals surface area contributed by atoms with Crippen LogP contribution in [-0.4, -0.2) is 21.2 Å². The molecule has 0 fully saturated rings. The van der Waals surface area contributed by atoms with Gasteiger partial charge in [0.05, 0.1) is 22.9 Å². The van der Waals surface area contributed by atoms with Gasteiger partial charge in [-0.2, -0.15) is 0 Å². The van der Waals surface area contributed by atoms with Gasteiger partial charge in [0, 0.05) is 24.1 Å². The highest BCUT2D eigenvalue weighted by atomic mass is 32.1. The molecule has 0 aliphatic rings. The molecule has 6 nitrogen and oxygen atoms in total. The molecule has 0 aliphatic carbocycles. The van der Waals surface area contributed by atoms with Crippen molar-refractivity contribution in [1.82, 2.24) is 4.57 Å². The van der Waals surface area contributed by atoms with Crippen molar-refractivity contribution >= 4 is 22.7 Å². The van der Waals surface area contributed by atoms with Crippen LogP contribution >= 0.6 is 11.3 Å². The zero-order valence-electron chi connectivity index (χ0n) is 12.7. The van der Waals surface area contributed by atoms with Crippen LogP contribution in [0.3, 0.4) is 0 Å². The van der Waals surface area contributed by atoms with Gasteiger partial charge < -0.3 is 9.67 Å². The van der Waals surface area contributed by atoms with Crippen molar-refractivity contribution < 1.29 is 10.0 Å². The molecule has 0 saturated heterocycles. The number of para-hydroxylation sites is 1. The highest BCUT2D eigenvalue weighted by molar-refractivity contribution is 7.07. The maximum Gasteiger partial charge on any atom is 0.269 e. The Balaban J connectivity index is 2.06. The lowest BCUT2D eigenvalue weighted by Gasteiger charge is -2.07. The molecule has 0 amide bonds. The van der Waals surface area contributed by atoms with Crippen molar-refractivity contribution in [2.24, 2.45) is 4.99 Å². The minimum Gasteiger partial charge on any atom is -0.395 e. The Morgan fingerprint density at radius 2 is 1.83 bits per heavy atom. The molecule has 0 unspecified atom stereocenters. The summed E-state index contributed by atoms with van der Waals surface area (Å²) in [4.78, 5) is 15.7. The molecule has 0 bridgehead atoms. The lowest BCUT2D eigenvalue weighted by atomic mass is 10.1. The summed E-state index contributed by atoms with van der Waals surface area (Å²) in [6, 6.07) is 16.0. The van der Waals surface area contributed by atoms with Crippen LogP contribution in [-0.2, 0) is 6.54 Å². The molecule has 0 radical (unpaired) electrons. The van der Waals surface area contributed by atoms with Gasteiger partial charge in [-0.15, -0.1) is 11.3 Å². The van der Waals surface area contributed by atoms with Gasteiger partial charge in [0.15, 0.2) is 4.80 Å². The average molecular weight is 341 g/mol. The highest BCUT2D eigenvalue weighted by Gasteiger charge is 2.10. The molecule has 0 spiro atoms. The van der Waals surface area contributed by atoms with Gasteiger partial charge in [-0.1, -0.05) is 18.2 Å². The second-order valence-corrected chi connectivity index (χ2v) is 5.87. The zero-order valence-corrected chi connectivity index (χ0v) is 13.5. The first-order valence-electron chi connectivity index (χ1n) is 7.33. The molecule has 122 valence electrons. The standard InChI is InChI=1S/C17H15N3O3S/c21-11-10-19-16(13-6-8-15(9-7-13)20(22)23)12-24-17(19)18-14-4-2-1-3-5-14/h1-9,12,21H,10-11H2. The van der Waals surface area contributed by atoms with Gasteiger partial charge in [0.2, 0.25) is 0 Å². The normalized spacial score (nSPS) is 11.6. The summed E-state index contributed by atoms with van der Waals surface area (Å²) < 4.78 is 1.92. The third kappa shape index (κ3) is 3.42. The number of non-ortho nitro benzene ring substituents is 1. The number of nitro groups is 1. The predicted molar refractivity (Wildman–Crippen MR) is 93.2 cm³/mol. The summed E-state index contributed by atoms with van der Waals surface area (Å²) in [5, 5.41) is 22.1. The van der Waals surface area contributed by atoms with Gasteiger partial charge in [-0.05, 0) is 29.8 Å². The van der Waals surface area contributed by atoms with E-state index in [0.29, 0.717) is 6.54 Å². The maximum atomic E-state index is 10.8. The molecular formula is C17H15N3O3S. The van der Waals surface area contributed by atoms with E-state index in [0.717, 1.165) is 21.7 Å². The van der Waals surface area contributed by atoms with Gasteiger partial charge in [-0.3, -0.25) is 10.1 Å². The Hall–Kier alpha value is -2.77. The van der Waals surface area contributed by atoms with Crippen molar-refractivity contribution in [3.63, 3.8) is 0 Å². The summed E-state index contributed by atoms with van der Waals surface area (Å²) in [6.07, 6.45) is 0. The third-order valence-corrected chi connectivity index (χ3v) is 4.34. The molecule has 0 aliphatic heterocycles. The molecule has 1 aromatic heterocycles. The van der Waals surface area contributed by atoms with E-state index >= 15 is 0 Å². The van der Waals surface area contributed by atoms with Gasteiger partial charge in [0.1, 0.15) is 0 Å². The molecule has 1 heterocycles. The van der Waals surface area contributed by atoms with E-state index in [-0.39, 0.29) is 12.3 Å². The van der Waals surface area contributed by atoms with E-state index in [2.05, 4.69) is 4.99 Å². The molecule has 0 saturated carbocycles. The number of aromatic nitrogens is 1. The van der Waals surface area contributed by atoms with E-state index in [1.807, 2.05) is 40.3 Å². The summed E-state index contributed by atoms with van der Waals surface area (Å²) in [6.45, 7) is 0.389. The van der Waals surface area contributed by atoms with Gasteiger partial charge in [0.25, 0.3) is 5.69 Å². The summed E-state index contributed by atoms with van der Waals surface area (Å²) in [7, 11) is 0. The van der Waals surface area contributed by atoms with Crippen LogP contribution in [0, 0.1) is 10.1 Å². The Morgan fingerprint density at radius 1 is 1.12 bits per heavy atom.